The molecule has 0 fully saturated rings. The highest BCUT2D eigenvalue weighted by Crippen LogP contribution is 2.10. The standard InChI is InChI=1S/C13H23N3/c1-11(8-14)15-9-12-6-4-5-7-13(12)10-16(2)3/h4-7,11,15H,8-10,14H2,1-3H3. The molecule has 0 aliphatic carbocycles. The molecule has 1 rings (SSSR count). The molecular weight excluding hydrogens is 198 g/mol. The zero-order valence-corrected chi connectivity index (χ0v) is 10.5. The van der Waals surface area contributed by atoms with E-state index in [0.717, 1.165) is 13.1 Å². The Morgan fingerprint density at radius 1 is 1.25 bits per heavy atom. The van der Waals surface area contributed by atoms with Gasteiger partial charge in [-0.15, -0.1) is 0 Å². The van der Waals surface area contributed by atoms with Crippen LogP contribution in [0, 0.1) is 0 Å². The molecule has 0 spiro atoms. The summed E-state index contributed by atoms with van der Waals surface area (Å²) in [6.45, 7) is 4.65. The quantitative estimate of drug-likeness (QED) is 0.758. The Bertz CT molecular complexity index is 310. The van der Waals surface area contributed by atoms with E-state index in [9.17, 15) is 0 Å². The number of nitrogens with two attached hydrogens (primary N) is 1. The average molecular weight is 221 g/mol. The molecule has 1 aromatic carbocycles. The normalized spacial score (nSPS) is 13.1. The highest BCUT2D eigenvalue weighted by atomic mass is 15.0. The summed E-state index contributed by atoms with van der Waals surface area (Å²) in [5, 5.41) is 3.42. The van der Waals surface area contributed by atoms with Crippen LogP contribution < -0.4 is 11.1 Å². The summed E-state index contributed by atoms with van der Waals surface area (Å²) in [4.78, 5) is 2.19. The van der Waals surface area contributed by atoms with E-state index in [2.05, 4.69) is 55.5 Å². The van der Waals surface area contributed by atoms with E-state index < -0.39 is 0 Å². The van der Waals surface area contributed by atoms with Crippen molar-refractivity contribution in [3.05, 3.63) is 35.4 Å². The largest absolute Gasteiger partial charge is 0.329 e. The second-order valence-electron chi connectivity index (χ2n) is 4.52. The second kappa shape index (κ2) is 6.63. The third-order valence-electron chi connectivity index (χ3n) is 2.60. The van der Waals surface area contributed by atoms with Crippen molar-refractivity contribution in [2.24, 2.45) is 5.73 Å². The van der Waals surface area contributed by atoms with Crippen LogP contribution in [0.2, 0.25) is 0 Å². The van der Waals surface area contributed by atoms with Crippen LogP contribution in [0.25, 0.3) is 0 Å². The van der Waals surface area contributed by atoms with Gasteiger partial charge in [0.25, 0.3) is 0 Å². The minimum Gasteiger partial charge on any atom is -0.329 e. The molecule has 1 unspecified atom stereocenters. The van der Waals surface area contributed by atoms with Gasteiger partial charge < -0.3 is 16.0 Å². The third-order valence-corrected chi connectivity index (χ3v) is 2.60. The Morgan fingerprint density at radius 2 is 1.88 bits per heavy atom. The maximum atomic E-state index is 5.58. The summed E-state index contributed by atoms with van der Waals surface area (Å²) < 4.78 is 0. The van der Waals surface area contributed by atoms with Crippen molar-refractivity contribution in [2.75, 3.05) is 20.6 Å². The first-order chi connectivity index (χ1) is 7.63. The minimum absolute atomic E-state index is 0.368. The van der Waals surface area contributed by atoms with Crippen LogP contribution >= 0.6 is 0 Å². The lowest BCUT2D eigenvalue weighted by Crippen LogP contribution is -2.33. The molecule has 0 aliphatic heterocycles. The van der Waals surface area contributed by atoms with Gasteiger partial charge in [0, 0.05) is 25.7 Å². The van der Waals surface area contributed by atoms with E-state index in [4.69, 9.17) is 5.73 Å². The second-order valence-corrected chi connectivity index (χ2v) is 4.52. The van der Waals surface area contributed by atoms with Crippen LogP contribution in [0.1, 0.15) is 18.1 Å². The van der Waals surface area contributed by atoms with Crippen molar-refractivity contribution in [3.8, 4) is 0 Å². The van der Waals surface area contributed by atoms with Crippen molar-refractivity contribution in [2.45, 2.75) is 26.1 Å². The Labute approximate surface area is 98.6 Å². The number of hydrogen-bond donors (Lipinski definition) is 2. The lowest BCUT2D eigenvalue weighted by molar-refractivity contribution is 0.399. The Balaban J connectivity index is 2.63. The van der Waals surface area contributed by atoms with Gasteiger partial charge in [0.1, 0.15) is 0 Å². The first kappa shape index (κ1) is 13.2. The molecule has 0 aliphatic rings. The van der Waals surface area contributed by atoms with Gasteiger partial charge in [0.15, 0.2) is 0 Å². The monoisotopic (exact) mass is 221 g/mol. The fourth-order valence-corrected chi connectivity index (χ4v) is 1.59. The molecule has 0 aromatic heterocycles. The molecule has 0 saturated carbocycles. The first-order valence-corrected chi connectivity index (χ1v) is 5.78. The highest BCUT2D eigenvalue weighted by Gasteiger charge is 2.04. The number of benzene rings is 1. The average Bonchev–Trinajstić information content (AvgIpc) is 2.26. The van der Waals surface area contributed by atoms with Crippen LogP contribution in [-0.4, -0.2) is 31.6 Å². The predicted molar refractivity (Wildman–Crippen MR) is 69.2 cm³/mol. The summed E-state index contributed by atoms with van der Waals surface area (Å²) in [5.74, 6) is 0. The molecule has 0 heterocycles. The molecule has 0 bridgehead atoms. The van der Waals surface area contributed by atoms with Gasteiger partial charge in [0.05, 0.1) is 0 Å². The Hall–Kier alpha value is -0.900. The Kier molecular flexibility index (Phi) is 5.46. The van der Waals surface area contributed by atoms with E-state index >= 15 is 0 Å². The summed E-state index contributed by atoms with van der Waals surface area (Å²) in [7, 11) is 4.18. The number of nitrogens with zero attached hydrogens (tertiary/aromatic N) is 1. The SMILES string of the molecule is CC(CN)NCc1ccccc1CN(C)C. The maximum Gasteiger partial charge on any atom is 0.0230 e. The van der Waals surface area contributed by atoms with E-state index in [1.54, 1.807) is 0 Å². The van der Waals surface area contributed by atoms with Gasteiger partial charge in [-0.05, 0) is 32.1 Å². The molecule has 3 heteroatoms. The predicted octanol–water partition coefficient (Wildman–Crippen LogP) is 1.18. The first-order valence-electron chi connectivity index (χ1n) is 5.78. The summed E-state index contributed by atoms with van der Waals surface area (Å²) >= 11 is 0. The van der Waals surface area contributed by atoms with Gasteiger partial charge in [0.2, 0.25) is 0 Å². The van der Waals surface area contributed by atoms with Crippen molar-refractivity contribution < 1.29 is 0 Å². The van der Waals surface area contributed by atoms with Crippen LogP contribution in [0.4, 0.5) is 0 Å². The smallest absolute Gasteiger partial charge is 0.0230 e. The molecule has 0 amide bonds. The number of hydrogen-bond acceptors (Lipinski definition) is 3. The molecule has 90 valence electrons. The topological polar surface area (TPSA) is 41.3 Å². The lowest BCUT2D eigenvalue weighted by atomic mass is 10.1. The molecule has 16 heavy (non-hydrogen) atoms. The van der Waals surface area contributed by atoms with Crippen LogP contribution in [-0.2, 0) is 13.1 Å². The van der Waals surface area contributed by atoms with E-state index in [0.29, 0.717) is 12.6 Å². The van der Waals surface area contributed by atoms with E-state index in [-0.39, 0.29) is 0 Å². The summed E-state index contributed by atoms with van der Waals surface area (Å²) in [6.07, 6.45) is 0. The van der Waals surface area contributed by atoms with E-state index in [1.807, 2.05) is 0 Å². The summed E-state index contributed by atoms with van der Waals surface area (Å²) in [6, 6.07) is 8.91. The Morgan fingerprint density at radius 3 is 2.44 bits per heavy atom. The van der Waals surface area contributed by atoms with Crippen molar-refractivity contribution in [3.63, 3.8) is 0 Å². The molecule has 0 saturated heterocycles. The molecule has 3 N–H and O–H groups in total. The minimum atomic E-state index is 0.368. The zero-order valence-electron chi connectivity index (χ0n) is 10.5. The highest BCUT2D eigenvalue weighted by molar-refractivity contribution is 5.26. The summed E-state index contributed by atoms with van der Waals surface area (Å²) in [5.41, 5.74) is 8.32. The fraction of sp³-hybridized carbons (Fsp3) is 0.538. The maximum absolute atomic E-state index is 5.58. The van der Waals surface area contributed by atoms with Gasteiger partial charge in [-0.2, -0.15) is 0 Å². The van der Waals surface area contributed by atoms with Crippen molar-refractivity contribution in [1.29, 1.82) is 0 Å². The molecular formula is C13H23N3. The van der Waals surface area contributed by atoms with Gasteiger partial charge in [-0.25, -0.2) is 0 Å². The van der Waals surface area contributed by atoms with Gasteiger partial charge in [-0.1, -0.05) is 24.3 Å². The van der Waals surface area contributed by atoms with Crippen LogP contribution in [0.15, 0.2) is 24.3 Å². The van der Waals surface area contributed by atoms with Crippen LogP contribution in [0.3, 0.4) is 0 Å². The zero-order chi connectivity index (χ0) is 12.0. The molecule has 1 aromatic rings. The van der Waals surface area contributed by atoms with Crippen LogP contribution in [0.5, 0.6) is 0 Å². The number of rotatable bonds is 6. The molecule has 1 atom stereocenters. The van der Waals surface area contributed by atoms with Crippen molar-refractivity contribution in [1.82, 2.24) is 10.2 Å². The van der Waals surface area contributed by atoms with E-state index in [1.165, 1.54) is 11.1 Å². The molecule has 3 nitrogen and oxygen atoms in total. The van der Waals surface area contributed by atoms with Gasteiger partial charge >= 0.3 is 0 Å². The number of nitrogens with one attached hydrogen (secondary N) is 1. The lowest BCUT2D eigenvalue weighted by Gasteiger charge is -2.16. The van der Waals surface area contributed by atoms with Crippen molar-refractivity contribution >= 4 is 0 Å². The molecule has 0 radical (unpaired) electrons. The third kappa shape index (κ3) is 4.31. The fourth-order valence-electron chi connectivity index (χ4n) is 1.59. The van der Waals surface area contributed by atoms with Gasteiger partial charge in [-0.3, -0.25) is 0 Å².